The van der Waals surface area contributed by atoms with Gasteiger partial charge in [-0.25, -0.2) is 0 Å². The number of amides is 1. The zero-order chi connectivity index (χ0) is 22.4. The number of benzene rings is 2. The third kappa shape index (κ3) is 5.84. The van der Waals surface area contributed by atoms with Crippen molar-refractivity contribution < 1.29 is 23.7 Å². The molecule has 1 aliphatic heterocycles. The molecule has 2 aromatic carbocycles. The molecular weight excluding hydrogens is 458 g/mol. The normalized spacial score (nSPS) is 14.8. The Morgan fingerprint density at radius 2 is 1.77 bits per heavy atom. The van der Waals surface area contributed by atoms with Crippen molar-refractivity contribution in [1.29, 1.82) is 0 Å². The number of nitrogens with zero attached hydrogens (tertiary/aromatic N) is 1. The predicted molar refractivity (Wildman–Crippen MR) is 128 cm³/mol. The fourth-order valence-corrected chi connectivity index (χ4v) is 4.20. The highest BCUT2D eigenvalue weighted by molar-refractivity contribution is 8.26. The first-order chi connectivity index (χ1) is 14.9. The number of carbonyl (C=O) groups is 1. The number of rotatable bonds is 9. The number of methoxy groups -OCH3 is 1. The van der Waals surface area contributed by atoms with E-state index in [1.54, 1.807) is 32.4 Å². The van der Waals surface area contributed by atoms with Crippen LogP contribution in [-0.2, 0) is 4.79 Å². The van der Waals surface area contributed by atoms with E-state index in [4.69, 9.17) is 42.8 Å². The number of carbonyl (C=O) groups excluding carboxylic acids is 1. The van der Waals surface area contributed by atoms with Crippen LogP contribution in [0.15, 0.2) is 41.3 Å². The van der Waals surface area contributed by atoms with Gasteiger partial charge in [0.15, 0.2) is 11.5 Å². The molecule has 0 aliphatic carbocycles. The van der Waals surface area contributed by atoms with Gasteiger partial charge < -0.3 is 18.9 Å². The lowest BCUT2D eigenvalue weighted by atomic mass is 10.1. The molecule has 164 valence electrons. The molecule has 6 nitrogen and oxygen atoms in total. The average molecular weight is 480 g/mol. The van der Waals surface area contributed by atoms with Gasteiger partial charge in [0, 0.05) is 7.05 Å². The fourth-order valence-electron chi connectivity index (χ4n) is 2.75. The number of likely N-dealkylation sites (N-methyl/N-ethyl adjacent to an activating group) is 1. The van der Waals surface area contributed by atoms with E-state index >= 15 is 0 Å². The molecule has 1 heterocycles. The molecule has 1 saturated heterocycles. The van der Waals surface area contributed by atoms with Crippen LogP contribution in [0.25, 0.3) is 6.08 Å². The second kappa shape index (κ2) is 10.7. The molecule has 0 radical (unpaired) electrons. The first-order valence-electron chi connectivity index (χ1n) is 9.50. The van der Waals surface area contributed by atoms with Crippen molar-refractivity contribution in [2.75, 3.05) is 34.0 Å². The molecule has 9 heteroatoms. The smallest absolute Gasteiger partial charge is 0.265 e. The van der Waals surface area contributed by atoms with E-state index in [9.17, 15) is 4.79 Å². The van der Waals surface area contributed by atoms with Crippen LogP contribution in [0.2, 0.25) is 5.02 Å². The molecule has 1 fully saturated rings. The molecule has 3 rings (SSSR count). The molecule has 31 heavy (non-hydrogen) atoms. The summed E-state index contributed by atoms with van der Waals surface area (Å²) in [4.78, 5) is 14.2. The standard InChI is InChI=1S/C22H22ClNO5S2/c1-4-27-18-12-14(13-19-21(25)24(2)22(30)31-19)11-17(23)20(18)29-10-9-28-16-7-5-15(26-3)6-8-16/h5-8,11-13H,4,9-10H2,1-3H3. The lowest BCUT2D eigenvalue weighted by molar-refractivity contribution is -0.121. The SMILES string of the molecule is CCOc1cc(C=C2SC(=S)N(C)C2=O)cc(Cl)c1OCCOc1ccc(OC)cc1. The summed E-state index contributed by atoms with van der Waals surface area (Å²) in [5, 5.41) is 0.383. The van der Waals surface area contributed by atoms with Crippen molar-refractivity contribution in [3.05, 3.63) is 51.9 Å². The minimum atomic E-state index is -0.139. The fraction of sp³-hybridized carbons (Fsp3) is 0.273. The summed E-state index contributed by atoms with van der Waals surface area (Å²) in [7, 11) is 3.27. The quantitative estimate of drug-likeness (QED) is 0.284. The minimum Gasteiger partial charge on any atom is -0.497 e. The van der Waals surface area contributed by atoms with Crippen molar-refractivity contribution in [3.63, 3.8) is 0 Å². The number of thiocarbonyl (C=S) groups is 1. The van der Waals surface area contributed by atoms with Crippen molar-refractivity contribution >= 4 is 51.9 Å². The summed E-state index contributed by atoms with van der Waals surface area (Å²) in [6.07, 6.45) is 1.74. The molecular formula is C22H22ClNO5S2. The van der Waals surface area contributed by atoms with E-state index in [0.29, 0.717) is 44.7 Å². The van der Waals surface area contributed by atoms with Crippen molar-refractivity contribution in [2.45, 2.75) is 6.92 Å². The zero-order valence-electron chi connectivity index (χ0n) is 17.3. The second-order valence-corrected chi connectivity index (χ2v) is 8.46. The molecule has 0 unspecified atom stereocenters. The Balaban J connectivity index is 1.68. The van der Waals surface area contributed by atoms with Crippen LogP contribution in [0, 0.1) is 0 Å². The maximum absolute atomic E-state index is 12.2. The van der Waals surface area contributed by atoms with Gasteiger partial charge in [0.25, 0.3) is 5.91 Å². The number of thioether (sulfide) groups is 1. The molecule has 0 saturated carbocycles. The van der Waals surface area contributed by atoms with Crippen LogP contribution in [0.5, 0.6) is 23.0 Å². The summed E-state index contributed by atoms with van der Waals surface area (Å²) in [5.74, 6) is 2.27. The molecule has 0 bridgehead atoms. The molecule has 2 aromatic rings. The van der Waals surface area contributed by atoms with Gasteiger partial charge in [-0.1, -0.05) is 35.6 Å². The van der Waals surface area contributed by atoms with E-state index < -0.39 is 0 Å². The first kappa shape index (κ1) is 23.2. The van der Waals surface area contributed by atoms with Gasteiger partial charge in [-0.15, -0.1) is 0 Å². The second-order valence-electron chi connectivity index (χ2n) is 6.38. The van der Waals surface area contributed by atoms with E-state index in [1.807, 2.05) is 31.2 Å². The van der Waals surface area contributed by atoms with Crippen molar-refractivity contribution in [3.8, 4) is 23.0 Å². The average Bonchev–Trinajstić information content (AvgIpc) is 2.99. The Morgan fingerprint density at radius 3 is 2.39 bits per heavy atom. The number of hydrogen-bond acceptors (Lipinski definition) is 7. The predicted octanol–water partition coefficient (Wildman–Crippen LogP) is 5.04. The third-order valence-electron chi connectivity index (χ3n) is 4.27. The number of ether oxygens (including phenoxy) is 4. The van der Waals surface area contributed by atoms with Gasteiger partial charge in [0.1, 0.15) is 29.0 Å². The summed E-state index contributed by atoms with van der Waals surface area (Å²) in [6.45, 7) is 2.92. The van der Waals surface area contributed by atoms with Gasteiger partial charge in [0.2, 0.25) is 0 Å². The maximum atomic E-state index is 12.2. The monoisotopic (exact) mass is 479 g/mol. The number of halogens is 1. The summed E-state index contributed by atoms with van der Waals surface area (Å²) in [5.41, 5.74) is 0.726. The van der Waals surface area contributed by atoms with Gasteiger partial charge in [0.05, 0.1) is 23.6 Å². The number of hydrogen-bond donors (Lipinski definition) is 0. The van der Waals surface area contributed by atoms with Gasteiger partial charge in [-0.05, 0) is 55.0 Å². The topological polar surface area (TPSA) is 57.2 Å². The molecule has 1 aliphatic rings. The van der Waals surface area contributed by atoms with Crippen molar-refractivity contribution in [2.24, 2.45) is 0 Å². The Morgan fingerprint density at radius 1 is 1.10 bits per heavy atom. The van der Waals surface area contributed by atoms with E-state index in [1.165, 1.54) is 16.7 Å². The Kier molecular flexibility index (Phi) is 8.06. The highest BCUT2D eigenvalue weighted by Gasteiger charge is 2.28. The van der Waals surface area contributed by atoms with Crippen LogP contribution in [-0.4, -0.2) is 49.1 Å². The van der Waals surface area contributed by atoms with Crippen LogP contribution >= 0.6 is 35.6 Å². The van der Waals surface area contributed by atoms with Crippen LogP contribution in [0.1, 0.15) is 12.5 Å². The Hall–Kier alpha value is -2.42. The largest absolute Gasteiger partial charge is 0.497 e. The highest BCUT2D eigenvalue weighted by Crippen LogP contribution is 2.39. The van der Waals surface area contributed by atoms with E-state index in [-0.39, 0.29) is 12.5 Å². The van der Waals surface area contributed by atoms with Crippen LogP contribution < -0.4 is 18.9 Å². The van der Waals surface area contributed by atoms with Crippen molar-refractivity contribution in [1.82, 2.24) is 4.90 Å². The molecule has 1 amide bonds. The van der Waals surface area contributed by atoms with Gasteiger partial charge >= 0.3 is 0 Å². The molecule has 0 spiro atoms. The maximum Gasteiger partial charge on any atom is 0.265 e. The van der Waals surface area contributed by atoms with E-state index in [0.717, 1.165) is 11.3 Å². The Labute approximate surface area is 196 Å². The Bertz CT molecular complexity index is 994. The summed E-state index contributed by atoms with van der Waals surface area (Å²) < 4.78 is 22.9. The molecule has 0 aromatic heterocycles. The summed E-state index contributed by atoms with van der Waals surface area (Å²) in [6, 6.07) is 10.8. The lowest BCUT2D eigenvalue weighted by Crippen LogP contribution is -2.22. The first-order valence-corrected chi connectivity index (χ1v) is 11.1. The molecule has 0 atom stereocenters. The van der Waals surface area contributed by atoms with Crippen LogP contribution in [0.4, 0.5) is 0 Å². The van der Waals surface area contributed by atoms with Gasteiger partial charge in [-0.2, -0.15) is 0 Å². The van der Waals surface area contributed by atoms with Crippen LogP contribution in [0.3, 0.4) is 0 Å². The summed E-state index contributed by atoms with van der Waals surface area (Å²) >= 11 is 12.9. The zero-order valence-corrected chi connectivity index (χ0v) is 19.7. The lowest BCUT2D eigenvalue weighted by Gasteiger charge is -2.15. The van der Waals surface area contributed by atoms with E-state index in [2.05, 4.69) is 0 Å². The third-order valence-corrected chi connectivity index (χ3v) is 6.04. The van der Waals surface area contributed by atoms with Gasteiger partial charge in [-0.3, -0.25) is 9.69 Å². The molecule has 0 N–H and O–H groups in total. The minimum absolute atomic E-state index is 0.139. The highest BCUT2D eigenvalue weighted by atomic mass is 35.5.